The second kappa shape index (κ2) is 8.37. The fourth-order valence-corrected chi connectivity index (χ4v) is 5.28. The third kappa shape index (κ3) is 3.95. The van der Waals surface area contributed by atoms with Gasteiger partial charge in [0.05, 0.1) is 16.3 Å². The van der Waals surface area contributed by atoms with Gasteiger partial charge in [-0.3, -0.25) is 0 Å². The first-order chi connectivity index (χ1) is 14.4. The number of anilines is 1. The number of nitrogens with two attached hydrogens (primary N) is 4. The number of likely N-dealkylation sites (tertiary alicyclic amines) is 1. The summed E-state index contributed by atoms with van der Waals surface area (Å²) in [5.41, 5.74) is 27.4. The molecule has 1 aliphatic heterocycles. The lowest BCUT2D eigenvalue weighted by Gasteiger charge is -2.42. The predicted molar refractivity (Wildman–Crippen MR) is 124 cm³/mol. The van der Waals surface area contributed by atoms with Crippen LogP contribution >= 0.6 is 23.4 Å². The van der Waals surface area contributed by atoms with Crippen LogP contribution in [0.25, 0.3) is 0 Å². The van der Waals surface area contributed by atoms with Crippen LogP contribution in [-0.4, -0.2) is 28.9 Å². The number of thioether (sulfide) groups is 1. The predicted octanol–water partition coefficient (Wildman–Crippen LogP) is 2.82. The molecule has 8 N–H and O–H groups in total. The maximum Gasteiger partial charge on any atom is 0.195 e. The molecule has 4 rings (SSSR count). The van der Waals surface area contributed by atoms with Crippen molar-refractivity contribution < 1.29 is 0 Å². The van der Waals surface area contributed by atoms with Crippen molar-refractivity contribution in [1.82, 2.24) is 9.88 Å². The van der Waals surface area contributed by atoms with Crippen molar-refractivity contribution in [1.29, 1.82) is 0 Å². The number of fused-ring (bicyclic) bond motifs is 1. The molecule has 0 amide bonds. The van der Waals surface area contributed by atoms with Crippen LogP contribution in [-0.2, 0) is 6.42 Å². The average molecular weight is 444 g/mol. The number of guanidine groups is 1. The molecule has 1 aromatic carbocycles. The SMILES string of the molecule is NC(=N/C=C(\N)Sc1ccnc(N)c1Cl)N1CCC2(CC1)Cc1ccccc1C2N. The van der Waals surface area contributed by atoms with Gasteiger partial charge in [0.2, 0.25) is 0 Å². The number of hydrogen-bond acceptors (Lipinski definition) is 6. The summed E-state index contributed by atoms with van der Waals surface area (Å²) in [6.07, 6.45) is 6.14. The summed E-state index contributed by atoms with van der Waals surface area (Å²) in [5.74, 6) is 0.727. The smallest absolute Gasteiger partial charge is 0.195 e. The molecule has 1 aliphatic carbocycles. The Morgan fingerprint density at radius 2 is 1.97 bits per heavy atom. The normalized spacial score (nSPS) is 21.1. The van der Waals surface area contributed by atoms with E-state index in [1.54, 1.807) is 18.5 Å². The highest BCUT2D eigenvalue weighted by Crippen LogP contribution is 2.50. The number of pyridine rings is 1. The van der Waals surface area contributed by atoms with Crippen molar-refractivity contribution in [3.8, 4) is 0 Å². The van der Waals surface area contributed by atoms with Crippen molar-refractivity contribution in [2.45, 2.75) is 30.2 Å². The summed E-state index contributed by atoms with van der Waals surface area (Å²) in [7, 11) is 0. The monoisotopic (exact) mass is 443 g/mol. The Hall–Kier alpha value is -2.42. The molecule has 9 heteroatoms. The minimum absolute atomic E-state index is 0.0819. The summed E-state index contributed by atoms with van der Waals surface area (Å²) >= 11 is 7.43. The Kier molecular flexibility index (Phi) is 5.81. The van der Waals surface area contributed by atoms with Crippen molar-refractivity contribution in [3.63, 3.8) is 0 Å². The van der Waals surface area contributed by atoms with Crippen LogP contribution in [0, 0.1) is 5.41 Å². The van der Waals surface area contributed by atoms with E-state index in [1.165, 1.54) is 22.9 Å². The molecule has 2 aliphatic rings. The minimum atomic E-state index is 0.0819. The van der Waals surface area contributed by atoms with E-state index in [9.17, 15) is 0 Å². The average Bonchev–Trinajstić information content (AvgIpc) is 3.02. The number of benzene rings is 1. The molecule has 1 atom stereocenters. The van der Waals surface area contributed by atoms with Gasteiger partial charge in [-0.25, -0.2) is 9.98 Å². The molecule has 2 heterocycles. The molecule has 7 nitrogen and oxygen atoms in total. The molecule has 0 saturated carbocycles. The summed E-state index contributed by atoms with van der Waals surface area (Å²) < 4.78 is 0. The lowest BCUT2D eigenvalue weighted by atomic mass is 9.73. The van der Waals surface area contributed by atoms with E-state index in [4.69, 9.17) is 34.5 Å². The summed E-state index contributed by atoms with van der Waals surface area (Å²) in [4.78, 5) is 11.1. The Morgan fingerprint density at radius 3 is 2.70 bits per heavy atom. The van der Waals surface area contributed by atoms with E-state index >= 15 is 0 Å². The van der Waals surface area contributed by atoms with Gasteiger partial charge in [-0.2, -0.15) is 0 Å². The topological polar surface area (TPSA) is 133 Å². The van der Waals surface area contributed by atoms with Crippen molar-refractivity contribution in [3.05, 3.63) is 63.9 Å². The number of rotatable bonds is 3. The van der Waals surface area contributed by atoms with Crippen LogP contribution in [0.5, 0.6) is 0 Å². The largest absolute Gasteiger partial charge is 0.392 e. The highest BCUT2D eigenvalue weighted by Gasteiger charge is 2.45. The summed E-state index contributed by atoms with van der Waals surface area (Å²) in [5, 5.41) is 0.846. The molecular formula is C21H26ClN7S. The molecule has 1 spiro atoms. The van der Waals surface area contributed by atoms with Crippen LogP contribution in [0.4, 0.5) is 5.82 Å². The van der Waals surface area contributed by atoms with Gasteiger partial charge < -0.3 is 27.8 Å². The van der Waals surface area contributed by atoms with E-state index in [2.05, 4.69) is 39.1 Å². The Labute approximate surface area is 185 Å². The number of nitrogens with zero attached hydrogens (tertiary/aromatic N) is 3. The zero-order valence-electron chi connectivity index (χ0n) is 16.6. The highest BCUT2D eigenvalue weighted by atomic mass is 35.5. The molecule has 0 bridgehead atoms. The fourth-order valence-electron chi connectivity index (χ4n) is 4.37. The van der Waals surface area contributed by atoms with Crippen LogP contribution in [0.2, 0.25) is 5.02 Å². The van der Waals surface area contributed by atoms with Crippen LogP contribution in [0.3, 0.4) is 0 Å². The maximum absolute atomic E-state index is 6.64. The van der Waals surface area contributed by atoms with E-state index in [1.807, 2.05) is 0 Å². The quantitative estimate of drug-likeness (QED) is 0.325. The van der Waals surface area contributed by atoms with Gasteiger partial charge in [0, 0.05) is 30.2 Å². The van der Waals surface area contributed by atoms with Crippen LogP contribution in [0.15, 0.2) is 57.6 Å². The Bertz CT molecular complexity index is 999. The van der Waals surface area contributed by atoms with Gasteiger partial charge >= 0.3 is 0 Å². The van der Waals surface area contributed by atoms with Crippen LogP contribution in [0.1, 0.15) is 30.0 Å². The van der Waals surface area contributed by atoms with Gasteiger partial charge in [-0.1, -0.05) is 47.6 Å². The number of aromatic nitrogens is 1. The van der Waals surface area contributed by atoms with Crippen molar-refractivity contribution >= 4 is 35.1 Å². The highest BCUT2D eigenvalue weighted by molar-refractivity contribution is 8.03. The number of piperidine rings is 1. The molecule has 1 saturated heterocycles. The molecule has 2 aromatic rings. The molecule has 1 aromatic heterocycles. The second-order valence-electron chi connectivity index (χ2n) is 7.83. The first-order valence-corrected chi connectivity index (χ1v) is 11.0. The van der Waals surface area contributed by atoms with Gasteiger partial charge in [0.15, 0.2) is 5.96 Å². The summed E-state index contributed by atoms with van der Waals surface area (Å²) in [6.45, 7) is 1.65. The lowest BCUT2D eigenvalue weighted by molar-refractivity contribution is 0.127. The standard InChI is InChI=1S/C21H26ClN7S/c22-17-15(5-8-27-19(17)25)30-16(23)12-28-20(26)29-9-6-21(7-10-29)11-13-3-1-2-4-14(13)18(21)24/h1-5,8,12,18H,6-7,9-11,23-24H2,(H2,25,27)(H2,26,28)/b16-12+. The van der Waals surface area contributed by atoms with E-state index in [0.29, 0.717) is 16.0 Å². The second-order valence-corrected chi connectivity index (χ2v) is 9.33. The van der Waals surface area contributed by atoms with Crippen molar-refractivity contribution in [2.24, 2.45) is 27.6 Å². The Morgan fingerprint density at radius 1 is 1.23 bits per heavy atom. The van der Waals surface area contributed by atoms with Gasteiger partial charge in [-0.15, -0.1) is 0 Å². The molecular weight excluding hydrogens is 418 g/mol. The van der Waals surface area contributed by atoms with Gasteiger partial charge in [0.1, 0.15) is 5.82 Å². The number of halogens is 1. The third-order valence-electron chi connectivity index (χ3n) is 6.11. The molecule has 1 fully saturated rings. The zero-order chi connectivity index (χ0) is 21.3. The molecule has 158 valence electrons. The summed E-state index contributed by atoms with van der Waals surface area (Å²) in [6, 6.07) is 10.3. The van der Waals surface area contributed by atoms with E-state index in [0.717, 1.165) is 37.2 Å². The first kappa shape index (κ1) is 20.8. The third-order valence-corrected chi connectivity index (χ3v) is 7.52. The first-order valence-electron chi connectivity index (χ1n) is 9.85. The molecule has 0 radical (unpaired) electrons. The van der Waals surface area contributed by atoms with Crippen LogP contribution < -0.4 is 22.9 Å². The fraction of sp³-hybridized carbons (Fsp3) is 0.333. The zero-order valence-corrected chi connectivity index (χ0v) is 18.2. The van der Waals surface area contributed by atoms with Gasteiger partial charge in [-0.05, 0) is 41.9 Å². The maximum atomic E-state index is 6.64. The van der Waals surface area contributed by atoms with E-state index < -0.39 is 0 Å². The van der Waals surface area contributed by atoms with Crippen molar-refractivity contribution in [2.75, 3.05) is 18.8 Å². The number of nitrogen functional groups attached to an aromatic ring is 1. The Balaban J connectivity index is 1.38. The lowest BCUT2D eigenvalue weighted by Crippen LogP contribution is -2.48. The number of aliphatic imine (C=N–C) groups is 1. The minimum Gasteiger partial charge on any atom is -0.392 e. The molecule has 30 heavy (non-hydrogen) atoms. The van der Waals surface area contributed by atoms with E-state index in [-0.39, 0.29) is 17.3 Å². The number of hydrogen-bond donors (Lipinski definition) is 4. The van der Waals surface area contributed by atoms with Gasteiger partial charge in [0.25, 0.3) is 0 Å². The molecule has 1 unspecified atom stereocenters.